The molecule has 1 aliphatic rings. The van der Waals surface area contributed by atoms with Gasteiger partial charge in [0.15, 0.2) is 0 Å². The van der Waals surface area contributed by atoms with Crippen LogP contribution < -0.4 is 5.56 Å². The normalized spacial score (nSPS) is 17.4. The number of aromatic nitrogens is 2. The van der Waals surface area contributed by atoms with Crippen LogP contribution in [0.4, 0.5) is 0 Å². The highest BCUT2D eigenvalue weighted by molar-refractivity contribution is 9.10. The molecule has 2 aromatic rings. The summed E-state index contributed by atoms with van der Waals surface area (Å²) in [5, 5.41) is 10.1. The van der Waals surface area contributed by atoms with Crippen LogP contribution in [-0.2, 0) is 6.54 Å². The number of aliphatic hydroxyl groups is 1. The van der Waals surface area contributed by atoms with Crippen molar-refractivity contribution in [1.82, 2.24) is 14.5 Å². The Morgan fingerprint density at radius 1 is 1.29 bits per heavy atom. The van der Waals surface area contributed by atoms with Crippen molar-refractivity contribution in [2.75, 3.05) is 19.6 Å². The summed E-state index contributed by atoms with van der Waals surface area (Å²) in [6, 6.07) is 5.55. The lowest BCUT2D eigenvalue weighted by atomic mass is 10.1. The number of halogens is 1. The fourth-order valence-electron chi connectivity index (χ4n) is 2.68. The van der Waals surface area contributed by atoms with Gasteiger partial charge in [-0.2, -0.15) is 0 Å². The molecule has 0 saturated carbocycles. The first-order valence-corrected chi connectivity index (χ1v) is 7.98. The van der Waals surface area contributed by atoms with Crippen LogP contribution in [0.15, 0.2) is 33.8 Å². The van der Waals surface area contributed by atoms with Gasteiger partial charge < -0.3 is 10.0 Å². The first-order valence-electron chi connectivity index (χ1n) is 7.18. The maximum absolute atomic E-state index is 12.4. The molecule has 0 unspecified atom stereocenters. The second-order valence-corrected chi connectivity index (χ2v) is 6.39. The summed E-state index contributed by atoms with van der Waals surface area (Å²) >= 11 is 3.39. The smallest absolute Gasteiger partial charge is 0.261 e. The van der Waals surface area contributed by atoms with Crippen LogP contribution in [0.25, 0.3) is 10.9 Å². The predicted molar refractivity (Wildman–Crippen MR) is 85.4 cm³/mol. The summed E-state index contributed by atoms with van der Waals surface area (Å²) in [4.78, 5) is 19.1. The molecule has 0 spiro atoms. The van der Waals surface area contributed by atoms with Gasteiger partial charge in [0.05, 0.1) is 23.3 Å². The first kappa shape index (κ1) is 14.7. The quantitative estimate of drug-likeness (QED) is 0.912. The van der Waals surface area contributed by atoms with Gasteiger partial charge in [0.1, 0.15) is 0 Å². The van der Waals surface area contributed by atoms with Crippen LogP contribution in [-0.4, -0.2) is 45.3 Å². The number of likely N-dealkylation sites (tertiary alicyclic amines) is 1. The fraction of sp³-hybridized carbons (Fsp3) is 0.467. The molecule has 1 aromatic heterocycles. The van der Waals surface area contributed by atoms with E-state index < -0.39 is 0 Å². The van der Waals surface area contributed by atoms with E-state index >= 15 is 0 Å². The highest BCUT2D eigenvalue weighted by atomic mass is 79.9. The van der Waals surface area contributed by atoms with Gasteiger partial charge in [0.25, 0.3) is 5.56 Å². The van der Waals surface area contributed by atoms with Gasteiger partial charge in [-0.3, -0.25) is 9.36 Å². The summed E-state index contributed by atoms with van der Waals surface area (Å²) in [7, 11) is 0. The Kier molecular flexibility index (Phi) is 4.37. The number of piperidine rings is 1. The van der Waals surface area contributed by atoms with Crippen molar-refractivity contribution in [1.29, 1.82) is 0 Å². The van der Waals surface area contributed by atoms with Gasteiger partial charge >= 0.3 is 0 Å². The zero-order chi connectivity index (χ0) is 14.8. The number of nitrogens with zero attached hydrogens (tertiary/aromatic N) is 3. The highest BCUT2D eigenvalue weighted by Gasteiger charge is 2.16. The minimum absolute atomic E-state index is 0.00153. The second kappa shape index (κ2) is 6.25. The van der Waals surface area contributed by atoms with E-state index in [4.69, 9.17) is 0 Å². The van der Waals surface area contributed by atoms with Crippen molar-refractivity contribution >= 4 is 26.8 Å². The average Bonchev–Trinajstić information content (AvgIpc) is 2.49. The van der Waals surface area contributed by atoms with Crippen LogP contribution in [0, 0.1) is 0 Å². The van der Waals surface area contributed by atoms with Crippen LogP contribution in [0.5, 0.6) is 0 Å². The monoisotopic (exact) mass is 351 g/mol. The number of aliphatic hydroxyl groups excluding tert-OH is 1. The molecule has 6 heteroatoms. The molecule has 1 aromatic carbocycles. The third-order valence-electron chi connectivity index (χ3n) is 4.00. The minimum Gasteiger partial charge on any atom is -0.393 e. The third-order valence-corrected chi connectivity index (χ3v) is 4.49. The SMILES string of the molecule is O=c1c2cc(Br)ccc2ncn1CCN1CCC(O)CC1. The zero-order valence-electron chi connectivity index (χ0n) is 11.7. The molecule has 1 N–H and O–H groups in total. The molecule has 3 rings (SSSR count). The van der Waals surface area contributed by atoms with Crippen molar-refractivity contribution in [3.05, 3.63) is 39.4 Å². The largest absolute Gasteiger partial charge is 0.393 e. The average molecular weight is 352 g/mol. The van der Waals surface area contributed by atoms with E-state index in [-0.39, 0.29) is 11.7 Å². The van der Waals surface area contributed by atoms with Crippen LogP contribution >= 0.6 is 15.9 Å². The summed E-state index contributed by atoms with van der Waals surface area (Å²) in [6.07, 6.45) is 3.09. The Balaban J connectivity index is 1.75. The molecule has 1 fully saturated rings. The lowest BCUT2D eigenvalue weighted by Crippen LogP contribution is -2.38. The number of rotatable bonds is 3. The topological polar surface area (TPSA) is 58.4 Å². The minimum atomic E-state index is -0.163. The van der Waals surface area contributed by atoms with Crippen molar-refractivity contribution in [2.45, 2.75) is 25.5 Å². The highest BCUT2D eigenvalue weighted by Crippen LogP contribution is 2.15. The predicted octanol–water partition coefficient (Wildman–Crippen LogP) is 1.62. The summed E-state index contributed by atoms with van der Waals surface area (Å²) in [6.45, 7) is 3.23. The first-order chi connectivity index (χ1) is 10.1. The van der Waals surface area contributed by atoms with E-state index in [0.29, 0.717) is 11.9 Å². The van der Waals surface area contributed by atoms with Crippen molar-refractivity contribution in [3.8, 4) is 0 Å². The van der Waals surface area contributed by atoms with Crippen LogP contribution in [0.2, 0.25) is 0 Å². The lowest BCUT2D eigenvalue weighted by Gasteiger charge is -2.29. The number of hydrogen-bond donors (Lipinski definition) is 1. The van der Waals surface area contributed by atoms with Gasteiger partial charge in [-0.1, -0.05) is 15.9 Å². The molecule has 112 valence electrons. The van der Waals surface area contributed by atoms with Crippen molar-refractivity contribution in [3.63, 3.8) is 0 Å². The maximum atomic E-state index is 12.4. The van der Waals surface area contributed by atoms with Gasteiger partial charge in [-0.15, -0.1) is 0 Å². The van der Waals surface area contributed by atoms with E-state index in [1.54, 1.807) is 10.9 Å². The molecule has 1 aliphatic heterocycles. The Bertz CT molecular complexity index is 693. The van der Waals surface area contributed by atoms with Gasteiger partial charge in [0.2, 0.25) is 0 Å². The Morgan fingerprint density at radius 3 is 2.81 bits per heavy atom. The summed E-state index contributed by atoms with van der Waals surface area (Å²) < 4.78 is 2.55. The van der Waals surface area contributed by atoms with Gasteiger partial charge in [-0.05, 0) is 31.0 Å². The van der Waals surface area contributed by atoms with E-state index in [2.05, 4.69) is 25.8 Å². The molecule has 0 atom stereocenters. The lowest BCUT2D eigenvalue weighted by molar-refractivity contribution is 0.0808. The van der Waals surface area contributed by atoms with Crippen LogP contribution in [0.1, 0.15) is 12.8 Å². The Labute approximate surface area is 131 Å². The molecule has 0 amide bonds. The molecule has 0 aliphatic carbocycles. The molecule has 1 saturated heterocycles. The van der Waals surface area contributed by atoms with E-state index in [1.807, 2.05) is 18.2 Å². The van der Waals surface area contributed by atoms with E-state index in [1.165, 1.54) is 0 Å². The standard InChI is InChI=1S/C15H18BrN3O2/c16-11-1-2-14-13(9-11)15(21)19(10-17-14)8-7-18-5-3-12(20)4-6-18/h1-2,9-10,12,20H,3-8H2. The zero-order valence-corrected chi connectivity index (χ0v) is 13.3. The molecular formula is C15H18BrN3O2. The van der Waals surface area contributed by atoms with Gasteiger partial charge in [-0.25, -0.2) is 4.98 Å². The molecular weight excluding hydrogens is 334 g/mol. The van der Waals surface area contributed by atoms with E-state index in [9.17, 15) is 9.90 Å². The van der Waals surface area contributed by atoms with E-state index in [0.717, 1.165) is 42.5 Å². The number of hydrogen-bond acceptors (Lipinski definition) is 4. The Hall–Kier alpha value is -1.24. The summed E-state index contributed by atoms with van der Waals surface area (Å²) in [5.41, 5.74) is 0.721. The summed E-state index contributed by atoms with van der Waals surface area (Å²) in [5.74, 6) is 0. The third kappa shape index (κ3) is 3.33. The second-order valence-electron chi connectivity index (χ2n) is 5.48. The van der Waals surface area contributed by atoms with Crippen molar-refractivity contribution < 1.29 is 5.11 Å². The van der Waals surface area contributed by atoms with Crippen LogP contribution in [0.3, 0.4) is 0 Å². The molecule has 21 heavy (non-hydrogen) atoms. The molecule has 5 nitrogen and oxygen atoms in total. The van der Waals surface area contributed by atoms with Gasteiger partial charge in [0, 0.05) is 30.7 Å². The molecule has 0 radical (unpaired) electrons. The maximum Gasteiger partial charge on any atom is 0.261 e. The fourth-order valence-corrected chi connectivity index (χ4v) is 3.04. The Morgan fingerprint density at radius 2 is 2.05 bits per heavy atom. The molecule has 0 bridgehead atoms. The van der Waals surface area contributed by atoms with Crippen molar-refractivity contribution in [2.24, 2.45) is 0 Å². The molecule has 2 heterocycles. The number of fused-ring (bicyclic) bond motifs is 1. The number of benzene rings is 1.